The summed E-state index contributed by atoms with van der Waals surface area (Å²) in [6, 6.07) is 11.1. The van der Waals surface area contributed by atoms with Gasteiger partial charge in [-0.2, -0.15) is 0 Å². The predicted octanol–water partition coefficient (Wildman–Crippen LogP) is 4.59. The van der Waals surface area contributed by atoms with Gasteiger partial charge in [-0.1, -0.05) is 23.7 Å². The van der Waals surface area contributed by atoms with Gasteiger partial charge in [0.25, 0.3) is 11.7 Å². The van der Waals surface area contributed by atoms with Crippen molar-refractivity contribution in [1.29, 1.82) is 0 Å². The third-order valence-corrected chi connectivity index (χ3v) is 5.59. The highest BCUT2D eigenvalue weighted by Gasteiger charge is 2.45. The number of benzene rings is 2. The number of amides is 1. The van der Waals surface area contributed by atoms with Crippen LogP contribution in [0.3, 0.4) is 0 Å². The molecule has 0 aromatic heterocycles. The van der Waals surface area contributed by atoms with E-state index in [1.165, 1.54) is 18.1 Å². The van der Waals surface area contributed by atoms with Gasteiger partial charge in [-0.25, -0.2) is 0 Å². The second-order valence-electron chi connectivity index (χ2n) is 7.92. The molecule has 0 spiro atoms. The molecule has 1 aliphatic heterocycles. The number of nitrogens with zero attached hydrogens (tertiary/aromatic N) is 1. The molecule has 1 amide bonds. The molecule has 7 nitrogen and oxygen atoms in total. The van der Waals surface area contributed by atoms with E-state index >= 15 is 0 Å². The van der Waals surface area contributed by atoms with Crippen molar-refractivity contribution in [1.82, 2.24) is 4.90 Å². The smallest absolute Gasteiger partial charge is 0.295 e. The molecule has 1 heterocycles. The van der Waals surface area contributed by atoms with Gasteiger partial charge in [0.2, 0.25) is 0 Å². The van der Waals surface area contributed by atoms with Gasteiger partial charge >= 0.3 is 0 Å². The Labute approximate surface area is 198 Å². The van der Waals surface area contributed by atoms with Crippen molar-refractivity contribution in [2.24, 2.45) is 0 Å². The van der Waals surface area contributed by atoms with E-state index in [4.69, 9.17) is 25.8 Å². The Hall–Kier alpha value is -3.03. The summed E-state index contributed by atoms with van der Waals surface area (Å²) >= 11 is 6.11. The van der Waals surface area contributed by atoms with Crippen LogP contribution in [0.2, 0.25) is 5.02 Å². The zero-order chi connectivity index (χ0) is 24.1. The van der Waals surface area contributed by atoms with E-state index in [1.54, 1.807) is 43.5 Å². The molecule has 0 radical (unpaired) electrons. The van der Waals surface area contributed by atoms with Crippen molar-refractivity contribution in [2.45, 2.75) is 32.4 Å². The molecule has 1 aliphatic rings. The van der Waals surface area contributed by atoms with Gasteiger partial charge in [-0.05, 0) is 56.2 Å². The Morgan fingerprint density at radius 1 is 1.12 bits per heavy atom. The molecule has 176 valence electrons. The van der Waals surface area contributed by atoms with E-state index < -0.39 is 17.7 Å². The zero-order valence-electron chi connectivity index (χ0n) is 19.1. The van der Waals surface area contributed by atoms with E-state index in [9.17, 15) is 14.7 Å². The van der Waals surface area contributed by atoms with Gasteiger partial charge in [0.1, 0.15) is 17.3 Å². The number of aliphatic hydroxyl groups excluding tert-OH is 1. The number of rotatable bonds is 9. The van der Waals surface area contributed by atoms with E-state index in [0.717, 1.165) is 0 Å². The number of likely N-dealkylation sites (tertiary alicyclic amines) is 1. The number of aliphatic hydroxyl groups is 1. The molecule has 3 rings (SSSR count). The molecule has 1 fully saturated rings. The molecular weight excluding hydrogens is 446 g/mol. The first-order chi connectivity index (χ1) is 15.8. The minimum atomic E-state index is -0.753. The molecule has 0 aliphatic carbocycles. The fourth-order valence-electron chi connectivity index (χ4n) is 3.80. The van der Waals surface area contributed by atoms with Crippen LogP contribution in [0.15, 0.2) is 48.0 Å². The van der Waals surface area contributed by atoms with Gasteiger partial charge in [0.05, 0.1) is 29.9 Å². The lowest BCUT2D eigenvalue weighted by Gasteiger charge is -2.25. The monoisotopic (exact) mass is 473 g/mol. The SMILES string of the molecule is COCCCN1C(=O)C(=O)/C(=C(\O)c2ccc(Cl)c(OC)c2)C1c1ccc(OC(C)C)cc1. The molecule has 0 bridgehead atoms. The van der Waals surface area contributed by atoms with Crippen molar-refractivity contribution in [3.05, 3.63) is 64.2 Å². The van der Waals surface area contributed by atoms with Gasteiger partial charge in [-0.3, -0.25) is 9.59 Å². The fraction of sp³-hybridized carbons (Fsp3) is 0.360. The minimum Gasteiger partial charge on any atom is -0.507 e. The highest BCUT2D eigenvalue weighted by Crippen LogP contribution is 2.40. The van der Waals surface area contributed by atoms with Gasteiger partial charge < -0.3 is 24.2 Å². The Morgan fingerprint density at radius 2 is 1.82 bits per heavy atom. The third kappa shape index (κ3) is 5.31. The molecule has 1 N–H and O–H groups in total. The van der Waals surface area contributed by atoms with Crippen LogP contribution in [0.4, 0.5) is 0 Å². The van der Waals surface area contributed by atoms with Crippen molar-refractivity contribution in [2.75, 3.05) is 27.4 Å². The first-order valence-electron chi connectivity index (χ1n) is 10.7. The average molecular weight is 474 g/mol. The van der Waals surface area contributed by atoms with E-state index in [0.29, 0.717) is 47.2 Å². The van der Waals surface area contributed by atoms with Crippen LogP contribution in [-0.4, -0.2) is 55.2 Å². The molecule has 2 aromatic carbocycles. The summed E-state index contributed by atoms with van der Waals surface area (Å²) in [4.78, 5) is 27.5. The third-order valence-electron chi connectivity index (χ3n) is 5.28. The summed E-state index contributed by atoms with van der Waals surface area (Å²) < 4.78 is 16.1. The van der Waals surface area contributed by atoms with Crippen LogP contribution in [0.1, 0.15) is 37.4 Å². The highest BCUT2D eigenvalue weighted by molar-refractivity contribution is 6.46. The minimum absolute atomic E-state index is 0.00964. The lowest BCUT2D eigenvalue weighted by atomic mass is 9.95. The Kier molecular flexibility index (Phi) is 8.00. The van der Waals surface area contributed by atoms with Crippen molar-refractivity contribution in [3.63, 3.8) is 0 Å². The van der Waals surface area contributed by atoms with Crippen LogP contribution in [0.5, 0.6) is 11.5 Å². The molecule has 0 saturated carbocycles. The van der Waals surface area contributed by atoms with Crippen molar-refractivity contribution in [3.8, 4) is 11.5 Å². The average Bonchev–Trinajstić information content (AvgIpc) is 3.04. The van der Waals surface area contributed by atoms with Crippen LogP contribution in [0.25, 0.3) is 5.76 Å². The second-order valence-corrected chi connectivity index (χ2v) is 8.33. The summed E-state index contributed by atoms with van der Waals surface area (Å²) in [5.74, 6) is -0.674. The number of hydrogen-bond acceptors (Lipinski definition) is 6. The van der Waals surface area contributed by atoms with Crippen LogP contribution in [-0.2, 0) is 14.3 Å². The Morgan fingerprint density at radius 3 is 2.42 bits per heavy atom. The highest BCUT2D eigenvalue weighted by atomic mass is 35.5. The first-order valence-corrected chi connectivity index (χ1v) is 11.0. The van der Waals surface area contributed by atoms with E-state index in [1.807, 2.05) is 13.8 Å². The van der Waals surface area contributed by atoms with Gasteiger partial charge in [0.15, 0.2) is 0 Å². The summed E-state index contributed by atoms with van der Waals surface area (Å²) in [6.07, 6.45) is 0.555. The van der Waals surface area contributed by atoms with Crippen LogP contribution >= 0.6 is 11.6 Å². The number of ketones is 1. The van der Waals surface area contributed by atoms with Crippen molar-refractivity contribution >= 4 is 29.1 Å². The second kappa shape index (κ2) is 10.7. The number of methoxy groups -OCH3 is 2. The number of carbonyl (C=O) groups excluding carboxylic acids is 2. The maximum absolute atomic E-state index is 13.1. The summed E-state index contributed by atoms with van der Waals surface area (Å²) in [6.45, 7) is 4.59. The summed E-state index contributed by atoms with van der Waals surface area (Å²) in [5.41, 5.74) is 1.03. The van der Waals surface area contributed by atoms with Crippen LogP contribution < -0.4 is 9.47 Å². The van der Waals surface area contributed by atoms with Crippen molar-refractivity contribution < 1.29 is 28.9 Å². The largest absolute Gasteiger partial charge is 0.507 e. The number of carbonyl (C=O) groups is 2. The molecule has 1 atom stereocenters. The maximum atomic E-state index is 13.1. The zero-order valence-corrected chi connectivity index (χ0v) is 19.9. The molecule has 8 heteroatoms. The van der Waals surface area contributed by atoms with Gasteiger partial charge in [0, 0.05) is 25.8 Å². The molecule has 33 heavy (non-hydrogen) atoms. The molecule has 1 unspecified atom stereocenters. The normalized spacial score (nSPS) is 17.6. The summed E-state index contributed by atoms with van der Waals surface area (Å²) in [7, 11) is 3.04. The number of halogens is 1. The molecule has 1 saturated heterocycles. The van der Waals surface area contributed by atoms with E-state index in [2.05, 4.69) is 0 Å². The number of hydrogen-bond donors (Lipinski definition) is 1. The summed E-state index contributed by atoms with van der Waals surface area (Å²) in [5, 5.41) is 11.5. The fourth-order valence-corrected chi connectivity index (χ4v) is 3.99. The lowest BCUT2D eigenvalue weighted by molar-refractivity contribution is -0.140. The lowest BCUT2D eigenvalue weighted by Crippen LogP contribution is -2.31. The number of Topliss-reactive ketones (excluding diaryl/α,β-unsaturated/α-hetero) is 1. The Balaban J connectivity index is 2.10. The van der Waals surface area contributed by atoms with Crippen LogP contribution in [0, 0.1) is 0 Å². The van der Waals surface area contributed by atoms with E-state index in [-0.39, 0.29) is 17.4 Å². The quantitative estimate of drug-likeness (QED) is 0.248. The Bertz CT molecular complexity index is 1050. The predicted molar refractivity (Wildman–Crippen MR) is 126 cm³/mol. The maximum Gasteiger partial charge on any atom is 0.295 e. The topological polar surface area (TPSA) is 85.3 Å². The van der Waals surface area contributed by atoms with Gasteiger partial charge in [-0.15, -0.1) is 0 Å². The molecular formula is C25H28ClNO6. The number of ether oxygens (including phenoxy) is 3. The first kappa shape index (κ1) is 24.6. The molecule has 2 aromatic rings. The standard InChI is InChI=1S/C25H28ClNO6/c1-15(2)33-18-9-6-16(7-10-18)22-21(24(29)25(30)27(22)12-5-13-31-3)23(28)17-8-11-19(26)20(14-17)32-4/h6-11,14-15,22,28H,5,12-13H2,1-4H3/b23-21-.